The zero-order valence-corrected chi connectivity index (χ0v) is 36.9. The third-order valence-corrected chi connectivity index (χ3v) is 14.0. The molecule has 4 heterocycles. The number of aromatic nitrogens is 3. The monoisotopic (exact) mass is 854 g/mol. The lowest BCUT2D eigenvalue weighted by Crippen LogP contribution is -2.32. The molecule has 0 bridgehead atoms. The summed E-state index contributed by atoms with van der Waals surface area (Å²) < 4.78 is 4.17. The van der Waals surface area contributed by atoms with Gasteiger partial charge in [-0.05, 0) is 154 Å². The number of hydrogen-bond acceptors (Lipinski definition) is 5. The van der Waals surface area contributed by atoms with E-state index in [-0.39, 0.29) is 5.56 Å². The van der Waals surface area contributed by atoms with Crippen molar-refractivity contribution in [2.24, 2.45) is 0 Å². The number of hydrogen-bond donors (Lipinski definition) is 0. The molecule has 9 aromatic rings. The highest BCUT2D eigenvalue weighted by molar-refractivity contribution is 6.12. The summed E-state index contributed by atoms with van der Waals surface area (Å²) in [6.45, 7) is 4.32. The summed E-state index contributed by atoms with van der Waals surface area (Å²) in [5, 5.41) is 2.88. The number of para-hydroxylation sites is 5. The van der Waals surface area contributed by atoms with E-state index in [2.05, 4.69) is 203 Å². The molecule has 2 aliphatic carbocycles. The molecule has 0 saturated heterocycles. The molecule has 0 spiro atoms. The Labute approximate surface area is 383 Å². The minimum Gasteiger partial charge on any atom is -0.314 e. The van der Waals surface area contributed by atoms with Crippen LogP contribution in [0.15, 0.2) is 216 Å². The molecule has 13 rings (SSSR count). The largest absolute Gasteiger partial charge is 0.314 e. The Morgan fingerprint density at radius 3 is 2.03 bits per heavy atom. The summed E-state index contributed by atoms with van der Waals surface area (Å²) in [5.74, 6) is 0.765. The standard InChI is InChI=1S/C59H46N6O/c1-59(2)48-24-12-13-25-52(48)65-57(66)45-33-30-44(38-49(45)60-58(59)65)63-50-34-31-42(61(39-18-6-3-7-19-39)40-20-8-4-9-21-40)36-46(50)47-37-43(32-35-51(47)63)64-55-28-16-14-26-53(55)62(41-22-10-5-11-23-41)54-27-15-17-29-56(54)64/h3-8,10-14,16-20,22-26,28-38H,9,15,21,27H2,1-2H3. The maximum absolute atomic E-state index is 14.4. The zero-order valence-electron chi connectivity index (χ0n) is 36.9. The van der Waals surface area contributed by atoms with Gasteiger partial charge < -0.3 is 19.3 Å². The molecule has 0 radical (unpaired) electrons. The fourth-order valence-corrected chi connectivity index (χ4v) is 11.0. The molecule has 0 atom stereocenters. The first-order valence-electron chi connectivity index (χ1n) is 23.0. The van der Waals surface area contributed by atoms with E-state index in [1.54, 1.807) is 0 Å². The second-order valence-corrected chi connectivity index (χ2v) is 18.2. The lowest BCUT2D eigenvalue weighted by atomic mass is 9.85. The van der Waals surface area contributed by atoms with Crippen molar-refractivity contribution < 1.29 is 0 Å². The Hall–Kier alpha value is -8.16. The van der Waals surface area contributed by atoms with Crippen LogP contribution in [0.25, 0.3) is 44.1 Å². The van der Waals surface area contributed by atoms with Gasteiger partial charge in [-0.15, -0.1) is 0 Å². The molecule has 4 aliphatic rings. The molecule has 2 aromatic heterocycles. The van der Waals surface area contributed by atoms with Gasteiger partial charge >= 0.3 is 0 Å². The van der Waals surface area contributed by atoms with E-state index in [1.807, 2.05) is 28.8 Å². The Kier molecular flexibility index (Phi) is 8.53. The van der Waals surface area contributed by atoms with Gasteiger partial charge in [-0.2, -0.15) is 0 Å². The van der Waals surface area contributed by atoms with Gasteiger partial charge in [0.15, 0.2) is 0 Å². The number of fused-ring (bicyclic) bond motifs is 8. The third kappa shape index (κ3) is 5.69. The first kappa shape index (κ1) is 38.3. The van der Waals surface area contributed by atoms with Crippen molar-refractivity contribution >= 4 is 66.8 Å². The summed E-state index contributed by atoms with van der Waals surface area (Å²) >= 11 is 0. The second kappa shape index (κ2) is 14.7. The van der Waals surface area contributed by atoms with Crippen LogP contribution >= 0.6 is 0 Å². The van der Waals surface area contributed by atoms with Crippen molar-refractivity contribution in [1.29, 1.82) is 0 Å². The van der Waals surface area contributed by atoms with E-state index in [4.69, 9.17) is 4.98 Å². The molecule has 0 unspecified atom stereocenters. The lowest BCUT2D eigenvalue weighted by Gasteiger charge is -2.42. The van der Waals surface area contributed by atoms with Crippen LogP contribution in [-0.4, -0.2) is 14.1 Å². The van der Waals surface area contributed by atoms with E-state index < -0.39 is 5.41 Å². The van der Waals surface area contributed by atoms with E-state index in [0.29, 0.717) is 10.9 Å². The van der Waals surface area contributed by atoms with Gasteiger partial charge in [0.1, 0.15) is 5.82 Å². The zero-order chi connectivity index (χ0) is 44.1. The molecule has 7 heteroatoms. The van der Waals surface area contributed by atoms with Gasteiger partial charge in [0.2, 0.25) is 0 Å². The van der Waals surface area contributed by atoms with Crippen LogP contribution in [0.2, 0.25) is 0 Å². The van der Waals surface area contributed by atoms with Crippen LogP contribution in [0.4, 0.5) is 34.1 Å². The Morgan fingerprint density at radius 2 is 1.24 bits per heavy atom. The quantitative estimate of drug-likeness (QED) is 0.167. The lowest BCUT2D eigenvalue weighted by molar-refractivity contribution is 0.610. The SMILES string of the molecule is CC1(C)c2ccccc2-n2c1nc1cc(-n3c4ccc(N(C5=CC=CCC5)c5ccccc5)cc4c4cc(N5C6=C(CCC=C6)N(c6ccccc6)c6ccccc65)ccc43)ccc1c2=O. The van der Waals surface area contributed by atoms with Crippen molar-refractivity contribution in [3.8, 4) is 11.4 Å². The second-order valence-electron chi connectivity index (χ2n) is 18.2. The summed E-state index contributed by atoms with van der Waals surface area (Å²) in [6.07, 6.45) is 15.1. The molecule has 0 N–H and O–H groups in total. The molecule has 7 aromatic carbocycles. The minimum absolute atomic E-state index is 0.0398. The van der Waals surface area contributed by atoms with Crippen LogP contribution in [-0.2, 0) is 5.41 Å². The van der Waals surface area contributed by atoms with Crippen LogP contribution < -0.4 is 20.3 Å². The average Bonchev–Trinajstić information content (AvgIpc) is 3.81. The van der Waals surface area contributed by atoms with E-state index in [0.717, 1.165) is 104 Å². The molecule has 7 nitrogen and oxygen atoms in total. The van der Waals surface area contributed by atoms with Gasteiger partial charge in [0.05, 0.1) is 50.1 Å². The Balaban J connectivity index is 1.04. The summed E-state index contributed by atoms with van der Waals surface area (Å²) in [5.41, 5.74) is 15.9. The molecule has 0 saturated carbocycles. The topological polar surface area (TPSA) is 49.5 Å². The van der Waals surface area contributed by atoms with Crippen molar-refractivity contribution in [1.82, 2.24) is 14.1 Å². The number of allylic oxidation sites excluding steroid dienone is 7. The molecule has 2 aliphatic heterocycles. The van der Waals surface area contributed by atoms with Crippen molar-refractivity contribution in [2.75, 3.05) is 14.7 Å². The van der Waals surface area contributed by atoms with Gasteiger partial charge in [-0.25, -0.2) is 4.98 Å². The van der Waals surface area contributed by atoms with Crippen LogP contribution in [0.3, 0.4) is 0 Å². The smallest absolute Gasteiger partial charge is 0.266 e. The van der Waals surface area contributed by atoms with Gasteiger partial charge in [-0.1, -0.05) is 85.0 Å². The maximum Gasteiger partial charge on any atom is 0.266 e. The van der Waals surface area contributed by atoms with E-state index in [1.165, 1.54) is 17.1 Å². The van der Waals surface area contributed by atoms with E-state index in [9.17, 15) is 4.79 Å². The Morgan fingerprint density at radius 1 is 0.561 bits per heavy atom. The van der Waals surface area contributed by atoms with Gasteiger partial charge in [0, 0.05) is 50.6 Å². The normalized spacial score (nSPS) is 15.8. The number of anilines is 6. The van der Waals surface area contributed by atoms with Crippen molar-refractivity contribution in [3.05, 3.63) is 233 Å². The molecular weight excluding hydrogens is 809 g/mol. The first-order valence-corrected chi connectivity index (χ1v) is 23.0. The number of nitrogens with zero attached hydrogens (tertiary/aromatic N) is 6. The first-order chi connectivity index (χ1) is 32.4. The van der Waals surface area contributed by atoms with Crippen LogP contribution in [0, 0.1) is 0 Å². The predicted molar refractivity (Wildman–Crippen MR) is 271 cm³/mol. The maximum atomic E-state index is 14.4. The minimum atomic E-state index is -0.429. The summed E-state index contributed by atoms with van der Waals surface area (Å²) in [6, 6.07) is 58.4. The fourth-order valence-electron chi connectivity index (χ4n) is 11.0. The molecule has 318 valence electrons. The van der Waals surface area contributed by atoms with Crippen molar-refractivity contribution in [2.45, 2.75) is 44.9 Å². The van der Waals surface area contributed by atoms with Crippen LogP contribution in [0.1, 0.15) is 50.9 Å². The summed E-state index contributed by atoms with van der Waals surface area (Å²) in [7, 11) is 0. The average molecular weight is 855 g/mol. The van der Waals surface area contributed by atoms with Gasteiger partial charge in [-0.3, -0.25) is 9.36 Å². The predicted octanol–water partition coefficient (Wildman–Crippen LogP) is 14.3. The summed E-state index contributed by atoms with van der Waals surface area (Å²) in [4.78, 5) is 27.0. The van der Waals surface area contributed by atoms with Gasteiger partial charge in [0.25, 0.3) is 5.56 Å². The highest BCUT2D eigenvalue weighted by Crippen LogP contribution is 2.51. The van der Waals surface area contributed by atoms with Crippen LogP contribution in [0.5, 0.6) is 0 Å². The number of benzene rings is 7. The Bertz CT molecular complexity index is 3660. The third-order valence-electron chi connectivity index (χ3n) is 14.0. The van der Waals surface area contributed by atoms with E-state index >= 15 is 0 Å². The molecule has 0 amide bonds. The fraction of sp³-hybridized carbons (Fsp3) is 0.119. The number of rotatable bonds is 6. The van der Waals surface area contributed by atoms with Crippen molar-refractivity contribution in [3.63, 3.8) is 0 Å². The molecule has 66 heavy (non-hydrogen) atoms. The molecule has 0 fully saturated rings. The highest BCUT2D eigenvalue weighted by atomic mass is 16.1. The highest BCUT2D eigenvalue weighted by Gasteiger charge is 2.39. The molecular formula is C59H46N6O.